The van der Waals surface area contributed by atoms with Gasteiger partial charge < -0.3 is 20.1 Å². The molecule has 4 aromatic rings. The maximum Gasteiger partial charge on any atom is 0.407 e. The number of benzene rings is 4. The maximum atomic E-state index is 15.3. The Labute approximate surface area is 254 Å². The third kappa shape index (κ3) is 5.49. The van der Waals surface area contributed by atoms with Crippen LogP contribution in [0.5, 0.6) is 0 Å². The molecule has 1 heterocycles. The molecule has 6 heteroatoms. The van der Waals surface area contributed by atoms with Crippen LogP contribution < -0.4 is 5.32 Å². The second-order valence-electron chi connectivity index (χ2n) is 13.3. The van der Waals surface area contributed by atoms with Crippen LogP contribution in [0.25, 0.3) is 21.5 Å². The van der Waals surface area contributed by atoms with Crippen molar-refractivity contribution in [2.45, 2.75) is 82.0 Å². The van der Waals surface area contributed by atoms with Gasteiger partial charge in [-0.25, -0.2) is 4.79 Å². The van der Waals surface area contributed by atoms with Gasteiger partial charge in [0.05, 0.1) is 11.6 Å². The van der Waals surface area contributed by atoms with Gasteiger partial charge in [0.15, 0.2) is 0 Å². The summed E-state index contributed by atoms with van der Waals surface area (Å²) in [6.07, 6.45) is 3.96. The van der Waals surface area contributed by atoms with Crippen LogP contribution in [-0.2, 0) is 14.9 Å². The molecule has 43 heavy (non-hydrogen) atoms. The van der Waals surface area contributed by atoms with Gasteiger partial charge in [-0.05, 0) is 84.8 Å². The van der Waals surface area contributed by atoms with E-state index in [-0.39, 0.29) is 11.9 Å². The highest BCUT2D eigenvalue weighted by Crippen LogP contribution is 2.51. The van der Waals surface area contributed by atoms with Crippen molar-refractivity contribution in [3.63, 3.8) is 0 Å². The van der Waals surface area contributed by atoms with E-state index >= 15 is 4.79 Å². The van der Waals surface area contributed by atoms with Crippen molar-refractivity contribution in [3.8, 4) is 0 Å². The fourth-order valence-corrected chi connectivity index (χ4v) is 7.28. The monoisotopic (exact) mass is 578 g/mol. The number of alkyl carbamates (subject to hydrolysis) is 1. The summed E-state index contributed by atoms with van der Waals surface area (Å²) >= 11 is 0. The summed E-state index contributed by atoms with van der Waals surface area (Å²) in [6, 6.07) is 28.5. The predicted octanol–water partition coefficient (Wildman–Crippen LogP) is 7.10. The van der Waals surface area contributed by atoms with Gasteiger partial charge in [-0.3, -0.25) is 4.79 Å². The Morgan fingerprint density at radius 3 is 1.88 bits per heavy atom. The first kappa shape index (κ1) is 29.2. The van der Waals surface area contributed by atoms with Gasteiger partial charge in [-0.1, -0.05) is 92.1 Å². The first-order chi connectivity index (χ1) is 20.6. The topological polar surface area (TPSA) is 78.9 Å². The zero-order chi connectivity index (χ0) is 30.2. The van der Waals surface area contributed by atoms with Crippen LogP contribution in [0.4, 0.5) is 4.79 Å². The van der Waals surface area contributed by atoms with Crippen LogP contribution in [0.1, 0.15) is 70.4 Å². The van der Waals surface area contributed by atoms with Crippen molar-refractivity contribution in [3.05, 3.63) is 96.1 Å². The van der Waals surface area contributed by atoms with E-state index in [0.29, 0.717) is 32.4 Å². The van der Waals surface area contributed by atoms with E-state index in [1.54, 1.807) is 0 Å². The Balaban J connectivity index is 1.50. The summed E-state index contributed by atoms with van der Waals surface area (Å²) in [4.78, 5) is 29.8. The molecule has 1 aliphatic carbocycles. The lowest BCUT2D eigenvalue weighted by atomic mass is 9.57. The van der Waals surface area contributed by atoms with E-state index in [2.05, 4.69) is 53.8 Å². The minimum absolute atomic E-state index is 0.115. The van der Waals surface area contributed by atoms with E-state index in [9.17, 15) is 9.90 Å². The molecular weight excluding hydrogens is 536 g/mol. The average molecular weight is 579 g/mol. The molecule has 2 amide bonds. The minimum atomic E-state index is -1.33. The average Bonchev–Trinajstić information content (AvgIpc) is 3.45. The number of likely N-dealkylation sites (tertiary alicyclic amines) is 1. The van der Waals surface area contributed by atoms with Crippen LogP contribution in [0.2, 0.25) is 0 Å². The molecule has 2 fully saturated rings. The molecular formula is C37H42N2O4. The Bertz CT molecular complexity index is 1570. The molecule has 0 spiro atoms. The zero-order valence-corrected chi connectivity index (χ0v) is 25.4. The largest absolute Gasteiger partial charge is 0.444 e. The van der Waals surface area contributed by atoms with Gasteiger partial charge in [0.1, 0.15) is 11.0 Å². The van der Waals surface area contributed by atoms with Gasteiger partial charge in [0, 0.05) is 13.1 Å². The van der Waals surface area contributed by atoms with Crippen molar-refractivity contribution in [2.24, 2.45) is 0 Å². The molecule has 1 saturated carbocycles. The Morgan fingerprint density at radius 2 is 1.35 bits per heavy atom. The summed E-state index contributed by atoms with van der Waals surface area (Å²) < 4.78 is 5.50. The van der Waals surface area contributed by atoms with Crippen LogP contribution in [-0.4, -0.2) is 52.3 Å². The van der Waals surface area contributed by atoms with E-state index in [0.717, 1.165) is 51.9 Å². The zero-order valence-electron chi connectivity index (χ0n) is 25.4. The number of aliphatic hydroxyl groups is 1. The first-order valence-electron chi connectivity index (χ1n) is 15.6. The highest BCUT2D eigenvalue weighted by molar-refractivity contribution is 5.97. The molecule has 224 valence electrons. The summed E-state index contributed by atoms with van der Waals surface area (Å²) in [5.41, 5.74) is -1.62. The van der Waals surface area contributed by atoms with Gasteiger partial charge in [0.2, 0.25) is 5.91 Å². The van der Waals surface area contributed by atoms with Gasteiger partial charge in [-0.15, -0.1) is 0 Å². The summed E-state index contributed by atoms with van der Waals surface area (Å²) in [5, 5.41) is 20.1. The SMILES string of the molecule is CC(C)(C)OC(=O)N[C@H]1CCN(C(=O)C(c2ccc3ccccc3c2)(c2ccc3ccccc3c2)C2(O)CCCCC2)C1. The molecule has 1 saturated heterocycles. The van der Waals surface area contributed by atoms with Crippen LogP contribution >= 0.6 is 0 Å². The quantitative estimate of drug-likeness (QED) is 0.265. The van der Waals surface area contributed by atoms with Crippen molar-refractivity contribution < 1.29 is 19.4 Å². The van der Waals surface area contributed by atoms with E-state index in [4.69, 9.17) is 4.74 Å². The van der Waals surface area contributed by atoms with Crippen molar-refractivity contribution in [1.29, 1.82) is 0 Å². The fourth-order valence-electron chi connectivity index (χ4n) is 7.28. The number of rotatable bonds is 5. The second kappa shape index (κ2) is 11.3. The molecule has 0 aromatic heterocycles. The lowest BCUT2D eigenvalue weighted by Crippen LogP contribution is -2.62. The fraction of sp³-hybridized carbons (Fsp3) is 0.405. The standard InChI is InChI=1S/C37H42N2O4/c1-35(2,3)43-34(41)38-32-19-22-39(25-32)33(40)37(36(42)20-9-4-10-21-36,30-17-15-26-11-5-7-13-28(26)23-30)31-18-16-27-12-6-8-14-29(27)24-31/h5-8,11-18,23-24,32,42H,4,9-10,19-22,25H2,1-3H3,(H,38,41)/t32-/m0/s1. The number of hydrogen-bond donors (Lipinski definition) is 2. The second-order valence-corrected chi connectivity index (χ2v) is 13.3. The molecule has 1 aliphatic heterocycles. The molecule has 0 bridgehead atoms. The number of nitrogens with one attached hydrogen (secondary N) is 1. The first-order valence-corrected chi connectivity index (χ1v) is 15.6. The molecule has 4 aromatic carbocycles. The molecule has 6 rings (SSSR count). The number of nitrogens with zero attached hydrogens (tertiary/aromatic N) is 1. The molecule has 2 aliphatic rings. The number of carbonyl (C=O) groups is 2. The lowest BCUT2D eigenvalue weighted by molar-refractivity contribution is -0.148. The van der Waals surface area contributed by atoms with E-state index in [1.807, 2.05) is 62.1 Å². The highest BCUT2D eigenvalue weighted by Gasteiger charge is 2.59. The molecule has 1 atom stereocenters. The predicted molar refractivity (Wildman–Crippen MR) is 171 cm³/mol. The Morgan fingerprint density at radius 1 is 0.814 bits per heavy atom. The lowest BCUT2D eigenvalue weighted by Gasteiger charge is -2.50. The normalized spacial score (nSPS) is 19.0. The highest BCUT2D eigenvalue weighted by atomic mass is 16.6. The molecule has 0 radical (unpaired) electrons. The van der Waals surface area contributed by atoms with E-state index < -0.39 is 22.7 Å². The smallest absolute Gasteiger partial charge is 0.407 e. The van der Waals surface area contributed by atoms with Crippen molar-refractivity contribution >= 4 is 33.5 Å². The number of fused-ring (bicyclic) bond motifs is 2. The third-order valence-electron chi connectivity index (χ3n) is 9.26. The Kier molecular flexibility index (Phi) is 7.67. The van der Waals surface area contributed by atoms with Crippen LogP contribution in [0, 0.1) is 0 Å². The van der Waals surface area contributed by atoms with Gasteiger partial charge in [0.25, 0.3) is 0 Å². The molecule has 2 N–H and O–H groups in total. The Hall–Kier alpha value is -3.90. The third-order valence-corrected chi connectivity index (χ3v) is 9.26. The van der Waals surface area contributed by atoms with Crippen LogP contribution in [0.3, 0.4) is 0 Å². The summed E-state index contributed by atoms with van der Waals surface area (Å²) in [5.74, 6) is -0.115. The summed E-state index contributed by atoms with van der Waals surface area (Å²) in [7, 11) is 0. The minimum Gasteiger partial charge on any atom is -0.444 e. The number of ether oxygens (including phenoxy) is 1. The van der Waals surface area contributed by atoms with Gasteiger partial charge in [-0.2, -0.15) is 0 Å². The number of carbonyl (C=O) groups excluding carboxylic acids is 2. The van der Waals surface area contributed by atoms with Crippen molar-refractivity contribution in [2.75, 3.05) is 13.1 Å². The number of hydrogen-bond acceptors (Lipinski definition) is 4. The molecule has 6 nitrogen and oxygen atoms in total. The molecule has 0 unspecified atom stereocenters. The van der Waals surface area contributed by atoms with Crippen molar-refractivity contribution in [1.82, 2.24) is 10.2 Å². The van der Waals surface area contributed by atoms with E-state index in [1.165, 1.54) is 0 Å². The number of amides is 2. The van der Waals surface area contributed by atoms with Gasteiger partial charge >= 0.3 is 6.09 Å². The van der Waals surface area contributed by atoms with Crippen LogP contribution in [0.15, 0.2) is 84.9 Å². The summed E-state index contributed by atoms with van der Waals surface area (Å²) in [6.45, 7) is 6.35. The maximum absolute atomic E-state index is 15.3.